The molecule has 0 aliphatic carbocycles. The molecule has 14 heteroatoms. The Morgan fingerprint density at radius 3 is 2.56 bits per heavy atom. The summed E-state index contributed by atoms with van der Waals surface area (Å²) in [5.41, 5.74) is -0.747. The van der Waals surface area contributed by atoms with Gasteiger partial charge in [-0.05, 0) is 61.6 Å². The normalized spacial score (nSPS) is 17.3. The highest BCUT2D eigenvalue weighted by atomic mass is 32.2. The van der Waals surface area contributed by atoms with Crippen LogP contribution in [0.1, 0.15) is 49.2 Å². The van der Waals surface area contributed by atoms with Crippen LogP contribution in [0.2, 0.25) is 0 Å². The number of pyridine rings is 1. The average Bonchev–Trinajstić information content (AvgIpc) is 3.38. The topological polar surface area (TPSA) is 139 Å². The van der Waals surface area contributed by atoms with E-state index in [0.717, 1.165) is 16.4 Å². The van der Waals surface area contributed by atoms with E-state index in [1.54, 1.807) is 6.07 Å². The lowest BCUT2D eigenvalue weighted by atomic mass is 10.0. The Morgan fingerprint density at radius 2 is 1.88 bits per heavy atom. The minimum Gasteiger partial charge on any atom is -0.451 e. The smallest absolute Gasteiger partial charge is 0.416 e. The SMILES string of the molecule is CC(C)CC(NC(=O)c1ccc(-c2cccc(C(F)(F)F)c2)o1)C(=O)N[C@@H]1CCCN(S(=O)(=O)c2ccccn2)CC1=O. The lowest BCUT2D eigenvalue weighted by Crippen LogP contribution is -2.52. The fourth-order valence-electron chi connectivity index (χ4n) is 4.65. The number of aromatic nitrogens is 1. The molecule has 0 bridgehead atoms. The van der Waals surface area contributed by atoms with E-state index in [9.17, 15) is 36.0 Å². The van der Waals surface area contributed by atoms with Gasteiger partial charge < -0.3 is 15.1 Å². The van der Waals surface area contributed by atoms with E-state index in [2.05, 4.69) is 15.6 Å². The highest BCUT2D eigenvalue weighted by molar-refractivity contribution is 7.89. The molecular weight excluding hydrogens is 589 g/mol. The molecule has 0 radical (unpaired) electrons. The summed E-state index contributed by atoms with van der Waals surface area (Å²) in [6.45, 7) is 3.29. The number of halogens is 3. The maximum atomic E-state index is 13.3. The second-order valence-electron chi connectivity index (χ2n) is 10.6. The number of alkyl halides is 3. The van der Waals surface area contributed by atoms with Gasteiger partial charge in [0.15, 0.2) is 16.6 Å². The van der Waals surface area contributed by atoms with Crippen LogP contribution < -0.4 is 10.6 Å². The van der Waals surface area contributed by atoms with Gasteiger partial charge in [-0.1, -0.05) is 32.0 Å². The third kappa shape index (κ3) is 7.87. The van der Waals surface area contributed by atoms with E-state index >= 15 is 0 Å². The first-order valence-corrected chi connectivity index (χ1v) is 15.0. The number of carbonyl (C=O) groups is 3. The van der Waals surface area contributed by atoms with Crippen LogP contribution in [-0.4, -0.2) is 60.5 Å². The van der Waals surface area contributed by atoms with Crippen molar-refractivity contribution in [3.8, 4) is 11.3 Å². The lowest BCUT2D eigenvalue weighted by Gasteiger charge is -2.23. The Labute approximate surface area is 246 Å². The highest BCUT2D eigenvalue weighted by Gasteiger charge is 2.35. The first-order chi connectivity index (χ1) is 20.3. The van der Waals surface area contributed by atoms with E-state index in [1.807, 2.05) is 13.8 Å². The van der Waals surface area contributed by atoms with Crippen LogP contribution >= 0.6 is 0 Å². The Bertz CT molecular complexity index is 1570. The maximum Gasteiger partial charge on any atom is 0.416 e. The van der Waals surface area contributed by atoms with Gasteiger partial charge in [0.25, 0.3) is 15.9 Å². The van der Waals surface area contributed by atoms with Crippen molar-refractivity contribution in [3.05, 3.63) is 72.1 Å². The van der Waals surface area contributed by atoms with E-state index in [4.69, 9.17) is 4.42 Å². The molecule has 2 aromatic heterocycles. The number of Topliss-reactive ketones (excluding diaryl/α,β-unsaturated/α-hetero) is 1. The second-order valence-corrected chi connectivity index (χ2v) is 12.5. The van der Waals surface area contributed by atoms with Crippen molar-refractivity contribution in [3.63, 3.8) is 0 Å². The Hall–Kier alpha value is -4.04. The minimum absolute atomic E-state index is 0.0374. The molecule has 2 atom stereocenters. The van der Waals surface area contributed by atoms with E-state index in [-0.39, 0.29) is 47.4 Å². The predicted molar refractivity (Wildman–Crippen MR) is 149 cm³/mol. The number of benzene rings is 1. The minimum atomic E-state index is -4.55. The molecule has 4 rings (SSSR count). The number of nitrogens with one attached hydrogen (secondary N) is 2. The second kappa shape index (κ2) is 13.1. The van der Waals surface area contributed by atoms with Gasteiger partial charge in [0.1, 0.15) is 11.8 Å². The molecule has 1 unspecified atom stereocenters. The summed E-state index contributed by atoms with van der Waals surface area (Å²) in [6, 6.07) is 9.52. The van der Waals surface area contributed by atoms with Gasteiger partial charge in [-0.2, -0.15) is 17.5 Å². The summed E-state index contributed by atoms with van der Waals surface area (Å²) in [7, 11) is -4.01. The largest absolute Gasteiger partial charge is 0.451 e. The van der Waals surface area contributed by atoms with Crippen LogP contribution in [0.15, 0.2) is 70.2 Å². The van der Waals surface area contributed by atoms with Crippen LogP contribution in [0.3, 0.4) is 0 Å². The summed E-state index contributed by atoms with van der Waals surface area (Å²) in [5.74, 6) is -2.12. The van der Waals surface area contributed by atoms with Crippen molar-refractivity contribution in [2.24, 2.45) is 5.92 Å². The number of rotatable bonds is 9. The predicted octanol–water partition coefficient (Wildman–Crippen LogP) is 4.04. The molecule has 1 saturated heterocycles. The molecule has 2 N–H and O–H groups in total. The molecule has 0 saturated carbocycles. The highest BCUT2D eigenvalue weighted by Crippen LogP contribution is 2.32. The van der Waals surface area contributed by atoms with E-state index in [0.29, 0.717) is 6.42 Å². The molecule has 1 aliphatic rings. The Morgan fingerprint density at radius 1 is 1.12 bits per heavy atom. The van der Waals surface area contributed by atoms with Crippen LogP contribution in [0.5, 0.6) is 0 Å². The molecule has 1 aromatic carbocycles. The summed E-state index contributed by atoms with van der Waals surface area (Å²) < 4.78 is 71.8. The van der Waals surface area contributed by atoms with Gasteiger partial charge in [0.05, 0.1) is 18.2 Å². The number of nitrogens with zero attached hydrogens (tertiary/aromatic N) is 2. The molecule has 1 aliphatic heterocycles. The summed E-state index contributed by atoms with van der Waals surface area (Å²) in [6.07, 6.45) is -2.51. The third-order valence-corrected chi connectivity index (χ3v) is 8.57. The van der Waals surface area contributed by atoms with Crippen LogP contribution in [0.4, 0.5) is 13.2 Å². The molecule has 0 spiro atoms. The summed E-state index contributed by atoms with van der Waals surface area (Å²) >= 11 is 0. The number of amides is 2. The van der Waals surface area contributed by atoms with Gasteiger partial charge in [0, 0.05) is 18.3 Å². The van der Waals surface area contributed by atoms with Crippen LogP contribution in [0, 0.1) is 5.92 Å². The monoisotopic (exact) mass is 620 g/mol. The Balaban J connectivity index is 1.43. The van der Waals surface area contributed by atoms with E-state index < -0.39 is 58.0 Å². The number of hydrogen-bond acceptors (Lipinski definition) is 7. The lowest BCUT2D eigenvalue weighted by molar-refractivity contribution is -0.137. The zero-order valence-electron chi connectivity index (χ0n) is 23.4. The molecular formula is C29H31F3N4O6S. The zero-order chi connectivity index (χ0) is 31.4. The number of carbonyl (C=O) groups excluding carboxylic acids is 3. The number of ketones is 1. The van der Waals surface area contributed by atoms with Gasteiger partial charge in [-0.25, -0.2) is 13.4 Å². The molecule has 3 heterocycles. The summed E-state index contributed by atoms with van der Waals surface area (Å²) in [5, 5.41) is 5.06. The van der Waals surface area contributed by atoms with Gasteiger partial charge in [-0.15, -0.1) is 0 Å². The van der Waals surface area contributed by atoms with Gasteiger partial charge in [-0.3, -0.25) is 14.4 Å². The maximum absolute atomic E-state index is 13.3. The molecule has 230 valence electrons. The van der Waals surface area contributed by atoms with Crippen molar-refractivity contribution in [1.29, 1.82) is 0 Å². The van der Waals surface area contributed by atoms with Crippen LogP contribution in [-0.2, 0) is 25.8 Å². The van der Waals surface area contributed by atoms with Crippen molar-refractivity contribution >= 4 is 27.6 Å². The molecule has 1 fully saturated rings. The molecule has 3 aromatic rings. The van der Waals surface area contributed by atoms with Crippen molar-refractivity contribution in [2.75, 3.05) is 13.1 Å². The quantitative estimate of drug-likeness (QED) is 0.368. The van der Waals surface area contributed by atoms with Crippen molar-refractivity contribution in [1.82, 2.24) is 19.9 Å². The molecule has 10 nitrogen and oxygen atoms in total. The number of furan rings is 1. The first-order valence-electron chi connectivity index (χ1n) is 13.6. The number of sulfonamides is 1. The van der Waals surface area contributed by atoms with Crippen molar-refractivity contribution in [2.45, 2.75) is 56.4 Å². The third-order valence-electron chi connectivity index (χ3n) is 6.81. The standard InChI is InChI=1S/C29H31F3N4O6S/c1-18(2)15-22(35-28(39)25-12-11-24(42-25)19-7-5-8-20(16-19)29(30,31)32)27(38)34-21-9-6-14-36(17-23(21)37)43(40,41)26-10-3-4-13-33-26/h3-5,7-8,10-13,16,18,21-22H,6,9,14-15,17H2,1-2H3,(H,34,38)(H,35,39)/t21-,22?/m1/s1. The first kappa shape index (κ1) is 31.9. The van der Waals surface area contributed by atoms with Gasteiger partial charge in [0.2, 0.25) is 5.91 Å². The fraction of sp³-hybridized carbons (Fsp3) is 0.379. The molecule has 2 amide bonds. The van der Waals surface area contributed by atoms with Crippen LogP contribution in [0.25, 0.3) is 11.3 Å². The molecule has 43 heavy (non-hydrogen) atoms. The Kier molecular flexibility index (Phi) is 9.70. The summed E-state index contributed by atoms with van der Waals surface area (Å²) in [4.78, 5) is 43.2. The zero-order valence-corrected chi connectivity index (χ0v) is 24.2. The number of hydrogen-bond donors (Lipinski definition) is 2. The van der Waals surface area contributed by atoms with Gasteiger partial charge >= 0.3 is 6.18 Å². The fourth-order valence-corrected chi connectivity index (χ4v) is 6.03. The average molecular weight is 621 g/mol. The van der Waals surface area contributed by atoms with E-state index in [1.165, 1.54) is 42.6 Å². The van der Waals surface area contributed by atoms with Crippen molar-refractivity contribution < 1.29 is 40.4 Å².